The SMILES string of the molecule is O=C1C=CC(=[Se])N1. The summed E-state index contributed by atoms with van der Waals surface area (Å²) in [4.78, 5) is 10.2. The monoisotopic (exact) mass is 161 g/mol. The summed E-state index contributed by atoms with van der Waals surface area (Å²) in [6, 6.07) is 0. The summed E-state index contributed by atoms with van der Waals surface area (Å²) in [6.45, 7) is 0. The van der Waals surface area contributed by atoms with Crippen LogP contribution in [0.2, 0.25) is 0 Å². The molecule has 1 aliphatic heterocycles. The van der Waals surface area contributed by atoms with Crippen molar-refractivity contribution in [1.82, 2.24) is 5.32 Å². The number of rotatable bonds is 0. The zero-order valence-corrected chi connectivity index (χ0v) is 5.18. The second-order valence-corrected chi connectivity index (χ2v) is 2.11. The molecule has 36 valence electrons. The van der Waals surface area contributed by atoms with Crippen LogP contribution in [0.25, 0.3) is 0 Å². The topological polar surface area (TPSA) is 29.1 Å². The van der Waals surface area contributed by atoms with Gasteiger partial charge in [0, 0.05) is 0 Å². The van der Waals surface area contributed by atoms with Crippen LogP contribution in [0.15, 0.2) is 12.2 Å². The molecule has 3 heteroatoms. The number of carbonyl (C=O) groups is 1. The second-order valence-electron chi connectivity index (χ2n) is 1.19. The molecule has 0 unspecified atom stereocenters. The Hall–Kier alpha value is -0.401. The molecule has 1 rings (SSSR count). The molecule has 0 aromatic carbocycles. The Balaban J connectivity index is 2.76. The Kier molecular flexibility index (Phi) is 1.09. The molecule has 0 saturated heterocycles. The van der Waals surface area contributed by atoms with E-state index in [0.29, 0.717) is 0 Å². The van der Waals surface area contributed by atoms with Gasteiger partial charge in [0.05, 0.1) is 0 Å². The number of hydrogen-bond acceptors (Lipinski definition) is 1. The molecule has 1 N–H and O–H groups in total. The molecule has 0 aromatic rings. The predicted molar refractivity (Wildman–Crippen MR) is 28.0 cm³/mol. The van der Waals surface area contributed by atoms with Gasteiger partial charge in [-0.15, -0.1) is 0 Å². The third-order valence-corrected chi connectivity index (χ3v) is 1.13. The molecule has 0 atom stereocenters. The van der Waals surface area contributed by atoms with E-state index in [1.54, 1.807) is 6.08 Å². The van der Waals surface area contributed by atoms with Gasteiger partial charge in [-0.2, -0.15) is 0 Å². The molecule has 0 spiro atoms. The van der Waals surface area contributed by atoms with Gasteiger partial charge in [0.2, 0.25) is 0 Å². The first-order chi connectivity index (χ1) is 3.29. The first-order valence-corrected chi connectivity index (χ1v) is 2.68. The molecule has 0 aromatic heterocycles. The van der Waals surface area contributed by atoms with Crippen LogP contribution in [0, 0.1) is 0 Å². The summed E-state index contributed by atoms with van der Waals surface area (Å²) in [5, 5.41) is 2.53. The van der Waals surface area contributed by atoms with Gasteiger partial charge >= 0.3 is 48.3 Å². The van der Waals surface area contributed by atoms with Crippen LogP contribution < -0.4 is 5.32 Å². The normalized spacial score (nSPS) is 17.7. The van der Waals surface area contributed by atoms with Gasteiger partial charge in [-0.1, -0.05) is 0 Å². The fraction of sp³-hybridized carbons (Fsp3) is 0. The minimum absolute atomic E-state index is 0.0475. The quantitative estimate of drug-likeness (QED) is 0.451. The second kappa shape index (κ2) is 1.60. The van der Waals surface area contributed by atoms with E-state index in [1.165, 1.54) is 6.08 Å². The van der Waals surface area contributed by atoms with Crippen LogP contribution in [0.5, 0.6) is 0 Å². The van der Waals surface area contributed by atoms with Crippen molar-refractivity contribution in [3.63, 3.8) is 0 Å². The van der Waals surface area contributed by atoms with E-state index in [4.69, 9.17) is 0 Å². The average molecular weight is 160 g/mol. The number of nitrogens with one attached hydrogen (secondary N) is 1. The minimum atomic E-state index is -0.0475. The van der Waals surface area contributed by atoms with Gasteiger partial charge in [0.15, 0.2) is 0 Å². The van der Waals surface area contributed by atoms with Crippen LogP contribution in [-0.2, 0) is 4.79 Å². The Morgan fingerprint density at radius 1 is 1.57 bits per heavy atom. The van der Waals surface area contributed by atoms with Crippen molar-refractivity contribution in [2.75, 3.05) is 0 Å². The van der Waals surface area contributed by atoms with E-state index in [1.807, 2.05) is 0 Å². The standard InChI is InChI=1S/C4H3NOSe/c6-3-1-2-4(7)5-3/h1-2H,(H,5,6,7). The van der Waals surface area contributed by atoms with Crippen LogP contribution in [0.4, 0.5) is 0 Å². The summed E-state index contributed by atoms with van der Waals surface area (Å²) in [7, 11) is 0. The van der Waals surface area contributed by atoms with Crippen molar-refractivity contribution >= 4 is 26.0 Å². The van der Waals surface area contributed by atoms with Gasteiger partial charge in [-0.3, -0.25) is 0 Å². The molecule has 0 aliphatic carbocycles. The van der Waals surface area contributed by atoms with Crippen molar-refractivity contribution in [2.45, 2.75) is 0 Å². The van der Waals surface area contributed by atoms with Gasteiger partial charge in [0.1, 0.15) is 0 Å². The first-order valence-electron chi connectivity index (χ1n) is 1.82. The molecule has 1 aliphatic rings. The van der Waals surface area contributed by atoms with Crippen molar-refractivity contribution in [3.05, 3.63) is 12.2 Å². The Morgan fingerprint density at radius 3 is 2.43 bits per heavy atom. The Morgan fingerprint density at radius 2 is 2.29 bits per heavy atom. The third-order valence-electron chi connectivity index (χ3n) is 0.632. The number of amides is 1. The van der Waals surface area contributed by atoms with Crippen LogP contribution in [-0.4, -0.2) is 26.0 Å². The molecule has 0 saturated carbocycles. The fourth-order valence-corrected chi connectivity index (χ4v) is 0.710. The van der Waals surface area contributed by atoms with Crippen LogP contribution in [0.3, 0.4) is 0 Å². The van der Waals surface area contributed by atoms with E-state index in [-0.39, 0.29) is 5.91 Å². The van der Waals surface area contributed by atoms with E-state index < -0.39 is 0 Å². The Bertz CT molecular complexity index is 134. The van der Waals surface area contributed by atoms with E-state index in [9.17, 15) is 4.79 Å². The molecule has 1 amide bonds. The summed E-state index contributed by atoms with van der Waals surface area (Å²) in [5.41, 5.74) is 0. The van der Waals surface area contributed by atoms with E-state index in [2.05, 4.69) is 20.9 Å². The summed E-state index contributed by atoms with van der Waals surface area (Å²) in [5.74, 6) is -0.0475. The molecule has 0 fully saturated rings. The molecule has 7 heavy (non-hydrogen) atoms. The van der Waals surface area contributed by atoms with Crippen LogP contribution in [0.1, 0.15) is 0 Å². The van der Waals surface area contributed by atoms with Crippen molar-refractivity contribution < 1.29 is 4.79 Å². The zero-order chi connectivity index (χ0) is 5.28. The maximum atomic E-state index is 10.2. The average Bonchev–Trinajstić information content (AvgIpc) is 1.87. The molecular weight excluding hydrogens is 157 g/mol. The first kappa shape index (κ1) is 4.75. The van der Waals surface area contributed by atoms with Crippen molar-refractivity contribution in [3.8, 4) is 0 Å². The zero-order valence-electron chi connectivity index (χ0n) is 3.47. The van der Waals surface area contributed by atoms with Gasteiger partial charge in [-0.25, -0.2) is 0 Å². The van der Waals surface area contributed by atoms with Crippen LogP contribution >= 0.6 is 0 Å². The maximum absolute atomic E-state index is 10.2. The molecule has 0 bridgehead atoms. The van der Waals surface area contributed by atoms with Crippen molar-refractivity contribution in [2.24, 2.45) is 0 Å². The third kappa shape index (κ3) is 0.981. The molecule has 1 heterocycles. The van der Waals surface area contributed by atoms with Gasteiger partial charge < -0.3 is 0 Å². The molecule has 2 nitrogen and oxygen atoms in total. The number of hydrogen-bond donors (Lipinski definition) is 1. The fourth-order valence-electron chi connectivity index (χ4n) is 0.356. The number of carbonyl (C=O) groups excluding carboxylic acids is 1. The van der Waals surface area contributed by atoms with Gasteiger partial charge in [-0.05, 0) is 0 Å². The summed E-state index contributed by atoms with van der Waals surface area (Å²) >= 11 is 2.67. The van der Waals surface area contributed by atoms with E-state index in [0.717, 1.165) is 4.54 Å². The van der Waals surface area contributed by atoms with E-state index >= 15 is 0 Å². The van der Waals surface area contributed by atoms with Gasteiger partial charge in [0.25, 0.3) is 0 Å². The Labute approximate surface area is 48.9 Å². The van der Waals surface area contributed by atoms with Crippen molar-refractivity contribution in [1.29, 1.82) is 0 Å². The summed E-state index contributed by atoms with van der Waals surface area (Å²) < 4.78 is 0.796. The molecule has 0 radical (unpaired) electrons. The predicted octanol–water partition coefficient (Wildman–Crippen LogP) is -1.03. The summed E-state index contributed by atoms with van der Waals surface area (Å²) in [6.07, 6.45) is 3.17. The molecular formula is C4H3NOSe.